The Morgan fingerprint density at radius 2 is 1.84 bits per heavy atom. The summed E-state index contributed by atoms with van der Waals surface area (Å²) in [7, 11) is -5.84. The lowest BCUT2D eigenvalue weighted by Gasteiger charge is -2.27. The second kappa shape index (κ2) is 7.71. The van der Waals surface area contributed by atoms with E-state index < -0.39 is 15.6 Å². The number of halogens is 3. The Balaban J connectivity index is 0.000000362. The molecular weight excluding hydrogens is 285 g/mol. The molecule has 0 bridgehead atoms. The molecule has 0 saturated heterocycles. The number of hydrazine groups is 1. The van der Waals surface area contributed by atoms with Crippen molar-refractivity contribution in [3.05, 3.63) is 12.3 Å². The van der Waals surface area contributed by atoms with Gasteiger partial charge in [0.1, 0.15) is 0 Å². The van der Waals surface area contributed by atoms with Crippen LogP contribution in [0.1, 0.15) is 26.7 Å². The van der Waals surface area contributed by atoms with Crippen molar-refractivity contribution < 1.29 is 26.1 Å². The Morgan fingerprint density at radius 1 is 1.32 bits per heavy atom. The molecule has 9 heteroatoms. The molecule has 1 rings (SSSR count). The maximum absolute atomic E-state index is 10.7. The second-order valence-corrected chi connectivity index (χ2v) is 5.24. The summed E-state index contributed by atoms with van der Waals surface area (Å²) in [4.78, 5) is 0. The Hall–Kier alpha value is -0.800. The molecular formula is C10H19F3N2O3S. The van der Waals surface area contributed by atoms with Crippen molar-refractivity contribution in [1.29, 1.82) is 0 Å². The molecule has 114 valence electrons. The lowest BCUT2D eigenvalue weighted by atomic mass is 10.3. The third-order valence-electron chi connectivity index (χ3n) is 2.36. The highest BCUT2D eigenvalue weighted by molar-refractivity contribution is 7.86. The highest BCUT2D eigenvalue weighted by Crippen LogP contribution is 2.20. The Bertz CT molecular complexity index is 382. The molecule has 0 saturated carbocycles. The van der Waals surface area contributed by atoms with Gasteiger partial charge in [-0.15, -0.1) is 0 Å². The first kappa shape index (κ1) is 18.2. The minimum absolute atomic E-state index is 1.10. The normalized spacial score (nSPS) is 16.4. The van der Waals surface area contributed by atoms with E-state index in [0.717, 1.165) is 13.1 Å². The van der Waals surface area contributed by atoms with Gasteiger partial charge >= 0.3 is 15.6 Å². The molecule has 0 fully saturated rings. The molecule has 0 unspecified atom stereocenters. The first-order valence-electron chi connectivity index (χ1n) is 5.85. The third-order valence-corrected chi connectivity index (χ3v) is 2.94. The molecule has 0 aliphatic carbocycles. The van der Waals surface area contributed by atoms with Crippen molar-refractivity contribution in [3.8, 4) is 0 Å². The monoisotopic (exact) mass is 304 g/mol. The standard InChI is InChI=1S/C9H18N2.CHF3O3S/c1-3-5-7-11-9-6-8-10(11)4-2;2-1(3,4)8(5,6)7/h6,9H,3-5,7-8H2,1-2H3;(H,5,6,7). The Morgan fingerprint density at radius 3 is 2.21 bits per heavy atom. The Labute approximate surface area is 111 Å². The molecule has 0 radical (unpaired) electrons. The SMILES string of the molecule is CCCCN1C=CCN1CC.O=S(=O)(O)C(F)(F)F. The van der Waals surface area contributed by atoms with E-state index in [1.54, 1.807) is 0 Å². The predicted octanol–water partition coefficient (Wildman–Crippen LogP) is 2.25. The van der Waals surface area contributed by atoms with Crippen molar-refractivity contribution >= 4 is 10.1 Å². The van der Waals surface area contributed by atoms with Gasteiger partial charge in [0.2, 0.25) is 0 Å². The molecule has 1 N–H and O–H groups in total. The largest absolute Gasteiger partial charge is 0.522 e. The average Bonchev–Trinajstić information content (AvgIpc) is 2.71. The number of rotatable bonds is 4. The molecule has 1 aliphatic heterocycles. The highest BCUT2D eigenvalue weighted by Gasteiger charge is 2.44. The molecule has 0 amide bonds. The fraction of sp³-hybridized carbons (Fsp3) is 0.800. The lowest BCUT2D eigenvalue weighted by Crippen LogP contribution is -2.35. The predicted molar refractivity (Wildman–Crippen MR) is 65.6 cm³/mol. The van der Waals surface area contributed by atoms with E-state index in [-0.39, 0.29) is 0 Å². The summed E-state index contributed by atoms with van der Waals surface area (Å²) in [5.41, 5.74) is -5.53. The number of nitrogens with zero attached hydrogens (tertiary/aromatic N) is 2. The van der Waals surface area contributed by atoms with Gasteiger partial charge in [-0.1, -0.05) is 26.3 Å². The van der Waals surface area contributed by atoms with Crippen molar-refractivity contribution in [2.75, 3.05) is 19.6 Å². The molecule has 19 heavy (non-hydrogen) atoms. The summed E-state index contributed by atoms with van der Waals surface area (Å²) in [6.45, 7) is 7.83. The van der Waals surface area contributed by atoms with Gasteiger partial charge in [-0.25, -0.2) is 5.01 Å². The van der Waals surface area contributed by atoms with Crippen LogP contribution in [0.5, 0.6) is 0 Å². The maximum atomic E-state index is 10.7. The maximum Gasteiger partial charge on any atom is 0.522 e. The molecule has 0 aromatic heterocycles. The van der Waals surface area contributed by atoms with Crippen molar-refractivity contribution in [2.24, 2.45) is 0 Å². The van der Waals surface area contributed by atoms with Crippen LogP contribution >= 0.6 is 0 Å². The van der Waals surface area contributed by atoms with Gasteiger partial charge in [0.15, 0.2) is 0 Å². The van der Waals surface area contributed by atoms with E-state index in [2.05, 4.69) is 36.1 Å². The minimum Gasteiger partial charge on any atom is -0.313 e. The number of likely N-dealkylation sites (N-methyl/N-ethyl adjacent to an activating group) is 1. The summed E-state index contributed by atoms with van der Waals surface area (Å²) in [6.07, 6.45) is 6.99. The molecule has 0 atom stereocenters. The quantitative estimate of drug-likeness (QED) is 0.637. The van der Waals surface area contributed by atoms with E-state index in [9.17, 15) is 13.2 Å². The first-order valence-corrected chi connectivity index (χ1v) is 7.29. The van der Waals surface area contributed by atoms with Gasteiger partial charge in [-0.3, -0.25) is 4.55 Å². The summed E-state index contributed by atoms with van der Waals surface area (Å²) in [5, 5.41) is 4.68. The van der Waals surface area contributed by atoms with E-state index in [1.165, 1.54) is 19.4 Å². The van der Waals surface area contributed by atoms with Gasteiger partial charge in [0.05, 0.1) is 0 Å². The van der Waals surface area contributed by atoms with Crippen LogP contribution in [-0.2, 0) is 10.1 Å². The van der Waals surface area contributed by atoms with E-state index in [4.69, 9.17) is 13.0 Å². The van der Waals surface area contributed by atoms with Crippen LogP contribution in [0.2, 0.25) is 0 Å². The number of alkyl halides is 3. The van der Waals surface area contributed by atoms with E-state index in [1.807, 2.05) is 0 Å². The van der Waals surface area contributed by atoms with Crippen LogP contribution in [0.4, 0.5) is 13.2 Å². The summed E-state index contributed by atoms with van der Waals surface area (Å²) >= 11 is 0. The van der Waals surface area contributed by atoms with Gasteiger partial charge in [-0.05, 0) is 6.42 Å². The molecule has 0 aromatic rings. The molecule has 0 aromatic carbocycles. The topological polar surface area (TPSA) is 60.9 Å². The smallest absolute Gasteiger partial charge is 0.313 e. The van der Waals surface area contributed by atoms with Crippen molar-refractivity contribution in [2.45, 2.75) is 32.2 Å². The van der Waals surface area contributed by atoms with E-state index in [0.29, 0.717) is 0 Å². The fourth-order valence-corrected chi connectivity index (χ4v) is 1.34. The molecule has 1 heterocycles. The zero-order valence-electron chi connectivity index (χ0n) is 10.9. The van der Waals surface area contributed by atoms with Crippen LogP contribution < -0.4 is 0 Å². The second-order valence-electron chi connectivity index (χ2n) is 3.83. The summed E-state index contributed by atoms with van der Waals surface area (Å²) in [5.74, 6) is 0. The molecule has 1 aliphatic rings. The zero-order valence-corrected chi connectivity index (χ0v) is 11.7. The third kappa shape index (κ3) is 6.79. The lowest BCUT2D eigenvalue weighted by molar-refractivity contribution is -0.0510. The number of hydrogen-bond acceptors (Lipinski definition) is 4. The van der Waals surface area contributed by atoms with Gasteiger partial charge in [0, 0.05) is 25.8 Å². The first-order chi connectivity index (χ1) is 8.63. The fourth-order valence-electron chi connectivity index (χ4n) is 1.34. The van der Waals surface area contributed by atoms with Gasteiger partial charge in [-0.2, -0.15) is 21.6 Å². The highest BCUT2D eigenvalue weighted by atomic mass is 32.2. The van der Waals surface area contributed by atoms with Crippen molar-refractivity contribution in [3.63, 3.8) is 0 Å². The average molecular weight is 304 g/mol. The van der Waals surface area contributed by atoms with Crippen LogP contribution in [-0.4, -0.2) is 48.1 Å². The van der Waals surface area contributed by atoms with Crippen LogP contribution in [0.25, 0.3) is 0 Å². The summed E-state index contributed by atoms with van der Waals surface area (Å²) < 4.78 is 57.5. The van der Waals surface area contributed by atoms with E-state index >= 15 is 0 Å². The molecule has 5 nitrogen and oxygen atoms in total. The van der Waals surface area contributed by atoms with Crippen LogP contribution in [0.3, 0.4) is 0 Å². The van der Waals surface area contributed by atoms with Gasteiger partial charge in [0.25, 0.3) is 0 Å². The minimum atomic E-state index is -5.84. The van der Waals surface area contributed by atoms with Crippen LogP contribution in [0, 0.1) is 0 Å². The van der Waals surface area contributed by atoms with Crippen molar-refractivity contribution in [1.82, 2.24) is 10.0 Å². The number of hydrogen-bond donors (Lipinski definition) is 1. The van der Waals surface area contributed by atoms with Gasteiger partial charge < -0.3 is 5.01 Å². The molecule has 0 spiro atoms. The van der Waals surface area contributed by atoms with Crippen LogP contribution in [0.15, 0.2) is 12.3 Å². The summed E-state index contributed by atoms with van der Waals surface area (Å²) in [6, 6.07) is 0. The Kier molecular flexibility index (Phi) is 7.38. The number of unbranched alkanes of at least 4 members (excludes halogenated alkanes) is 1. The zero-order chi connectivity index (χ0) is 15.1.